The molecule has 8 nitrogen and oxygen atoms in total. The molecule has 0 amide bonds. The van der Waals surface area contributed by atoms with Gasteiger partial charge >= 0.3 is 18.1 Å². The first-order valence-corrected chi connectivity index (χ1v) is 12.8. The number of rotatable bonds is 9. The van der Waals surface area contributed by atoms with E-state index in [1.54, 1.807) is 30.3 Å². The van der Waals surface area contributed by atoms with Crippen molar-refractivity contribution in [3.05, 3.63) is 89.5 Å². The Morgan fingerprint density at radius 3 is 1.95 bits per heavy atom. The Balaban J connectivity index is 0.000000638. The minimum atomic E-state index is -5.08. The van der Waals surface area contributed by atoms with Crippen molar-refractivity contribution in [2.45, 2.75) is 37.9 Å². The van der Waals surface area contributed by atoms with E-state index in [2.05, 4.69) is 4.72 Å². The molecule has 38 heavy (non-hydrogen) atoms. The van der Waals surface area contributed by atoms with E-state index in [0.717, 1.165) is 17.5 Å². The van der Waals surface area contributed by atoms with Crippen molar-refractivity contribution in [3.8, 4) is 0 Å². The molecule has 3 N–H and O–H groups in total. The van der Waals surface area contributed by atoms with Crippen LogP contribution in [-0.4, -0.2) is 43.3 Å². The molecule has 3 aromatic carbocycles. The van der Waals surface area contributed by atoms with Crippen molar-refractivity contribution < 1.29 is 41.4 Å². The number of sulfonamides is 1. The minimum Gasteiger partial charge on any atom is -0.478 e. The first-order chi connectivity index (χ1) is 17.8. The number of benzene rings is 3. The molecule has 0 aliphatic heterocycles. The molecule has 0 atom stereocenters. The number of alkyl halides is 3. The van der Waals surface area contributed by atoms with Crippen molar-refractivity contribution in [3.63, 3.8) is 0 Å². The first-order valence-electron chi connectivity index (χ1n) is 11.4. The number of nitrogens with zero attached hydrogens (tertiary/aromatic N) is 1. The Morgan fingerprint density at radius 2 is 1.47 bits per heavy atom. The van der Waals surface area contributed by atoms with Gasteiger partial charge in [0.2, 0.25) is 0 Å². The van der Waals surface area contributed by atoms with Gasteiger partial charge in [0.05, 0.1) is 21.8 Å². The lowest BCUT2D eigenvalue weighted by atomic mass is 10.1. The number of aliphatic carboxylic acids is 1. The number of aromatic carboxylic acids is 1. The molecule has 3 rings (SSSR count). The fraction of sp³-hybridized carbons (Fsp3) is 0.231. The van der Waals surface area contributed by atoms with E-state index < -0.39 is 28.1 Å². The molecule has 0 aliphatic rings. The lowest BCUT2D eigenvalue weighted by molar-refractivity contribution is -0.192. The quantitative estimate of drug-likeness (QED) is 0.324. The van der Waals surface area contributed by atoms with E-state index in [9.17, 15) is 31.5 Å². The number of halogens is 3. The van der Waals surface area contributed by atoms with Gasteiger partial charge in [0.15, 0.2) is 0 Å². The van der Waals surface area contributed by atoms with Crippen molar-refractivity contribution in [2.24, 2.45) is 0 Å². The van der Waals surface area contributed by atoms with Gasteiger partial charge in [-0.2, -0.15) is 13.2 Å². The summed E-state index contributed by atoms with van der Waals surface area (Å²) >= 11 is 0. The monoisotopic (exact) mass is 552 g/mol. The summed E-state index contributed by atoms with van der Waals surface area (Å²) in [6.45, 7) is 5.14. The van der Waals surface area contributed by atoms with Gasteiger partial charge in [0, 0.05) is 13.1 Å². The lowest BCUT2D eigenvalue weighted by Crippen LogP contribution is -2.24. The zero-order valence-corrected chi connectivity index (χ0v) is 21.4. The van der Waals surface area contributed by atoms with Crippen LogP contribution >= 0.6 is 0 Å². The molecule has 0 saturated carbocycles. The molecule has 0 aromatic heterocycles. The lowest BCUT2D eigenvalue weighted by Gasteiger charge is -2.26. The topological polar surface area (TPSA) is 124 Å². The van der Waals surface area contributed by atoms with E-state index >= 15 is 0 Å². The van der Waals surface area contributed by atoms with Crippen LogP contribution in [0.5, 0.6) is 0 Å². The fourth-order valence-corrected chi connectivity index (χ4v) is 4.37. The highest BCUT2D eigenvalue weighted by Crippen LogP contribution is 2.31. The number of hydrogen-bond donors (Lipinski definition) is 3. The first kappa shape index (κ1) is 30.2. The van der Waals surface area contributed by atoms with Crippen LogP contribution < -0.4 is 9.62 Å². The third kappa shape index (κ3) is 8.51. The van der Waals surface area contributed by atoms with Crippen LogP contribution in [0, 0.1) is 0 Å². The average molecular weight is 553 g/mol. The van der Waals surface area contributed by atoms with Gasteiger partial charge in [0.25, 0.3) is 10.0 Å². The fourth-order valence-electron chi connectivity index (χ4n) is 3.31. The second kappa shape index (κ2) is 13.0. The third-order valence-electron chi connectivity index (χ3n) is 5.31. The minimum absolute atomic E-state index is 0.0125. The van der Waals surface area contributed by atoms with Crippen molar-refractivity contribution in [1.82, 2.24) is 0 Å². The summed E-state index contributed by atoms with van der Waals surface area (Å²) < 4.78 is 60.4. The summed E-state index contributed by atoms with van der Waals surface area (Å²) in [6, 6.07) is 21.0. The number of nitrogens with one attached hydrogen (secondary N) is 1. The molecule has 0 bridgehead atoms. The Morgan fingerprint density at radius 1 is 0.895 bits per heavy atom. The van der Waals surface area contributed by atoms with Gasteiger partial charge in [0.1, 0.15) is 0 Å². The standard InChI is InChI=1S/C24H26N2O4S.C2HF3O2/c1-3-18-10-13-21(14-11-18)31(29,30)25-22-16-20(24(27)28)12-15-23(22)26(4-2)17-19-8-6-5-7-9-19;3-2(4,5)1(6)7/h5-16,25H,3-4,17H2,1-2H3,(H,27,28);(H,6,7). The molecule has 12 heteroatoms. The number of aryl methyl sites for hydroxylation is 1. The molecule has 0 saturated heterocycles. The van der Waals surface area contributed by atoms with E-state index in [1.165, 1.54) is 12.1 Å². The zero-order chi connectivity index (χ0) is 28.5. The number of carboxylic acid groups (broad SMARTS) is 2. The molecule has 0 spiro atoms. The third-order valence-corrected chi connectivity index (χ3v) is 6.69. The molecule has 0 unspecified atom stereocenters. The highest BCUT2D eigenvalue weighted by molar-refractivity contribution is 7.92. The van der Waals surface area contributed by atoms with Gasteiger partial charge in [-0.25, -0.2) is 18.0 Å². The van der Waals surface area contributed by atoms with E-state index in [4.69, 9.17) is 9.90 Å². The van der Waals surface area contributed by atoms with Gasteiger partial charge in [-0.1, -0.05) is 49.4 Å². The summed E-state index contributed by atoms with van der Waals surface area (Å²) in [6.07, 6.45) is -4.27. The number of carbonyl (C=O) groups is 2. The molecular formula is C26H27F3N2O6S. The van der Waals surface area contributed by atoms with Gasteiger partial charge in [-0.15, -0.1) is 0 Å². The summed E-state index contributed by atoms with van der Waals surface area (Å²) in [5.74, 6) is -3.88. The number of carboxylic acids is 2. The SMILES string of the molecule is CCc1ccc(S(=O)(=O)Nc2cc(C(=O)O)ccc2N(CC)Cc2ccccc2)cc1.O=C(O)C(F)(F)F. The predicted octanol–water partition coefficient (Wildman–Crippen LogP) is 5.41. The summed E-state index contributed by atoms with van der Waals surface area (Å²) in [5, 5.41) is 16.5. The van der Waals surface area contributed by atoms with Crippen LogP contribution in [0.3, 0.4) is 0 Å². The summed E-state index contributed by atoms with van der Waals surface area (Å²) in [4.78, 5) is 22.5. The summed E-state index contributed by atoms with van der Waals surface area (Å²) in [7, 11) is -3.89. The molecule has 0 fully saturated rings. The highest BCUT2D eigenvalue weighted by Gasteiger charge is 2.38. The Kier molecular flexibility index (Phi) is 10.3. The maximum absolute atomic E-state index is 13.0. The maximum atomic E-state index is 13.0. The summed E-state index contributed by atoms with van der Waals surface area (Å²) in [5.41, 5.74) is 2.96. The Bertz CT molecular complexity index is 1350. The second-order valence-electron chi connectivity index (χ2n) is 7.94. The van der Waals surface area contributed by atoms with E-state index in [-0.39, 0.29) is 16.1 Å². The number of hydrogen-bond acceptors (Lipinski definition) is 5. The van der Waals surface area contributed by atoms with Crippen molar-refractivity contribution in [2.75, 3.05) is 16.2 Å². The van der Waals surface area contributed by atoms with Crippen LogP contribution in [0.1, 0.15) is 35.3 Å². The molecular weight excluding hydrogens is 525 g/mol. The second-order valence-corrected chi connectivity index (χ2v) is 9.63. The smallest absolute Gasteiger partial charge is 0.478 e. The molecule has 3 aromatic rings. The Labute approximate surface area is 218 Å². The van der Waals surface area contributed by atoms with Gasteiger partial charge < -0.3 is 15.1 Å². The molecule has 0 aliphatic carbocycles. The Hall–Kier alpha value is -4.06. The maximum Gasteiger partial charge on any atom is 0.490 e. The van der Waals surface area contributed by atoms with Crippen LogP contribution in [0.25, 0.3) is 0 Å². The normalized spacial score (nSPS) is 11.2. The van der Waals surface area contributed by atoms with Crippen LogP contribution in [0.2, 0.25) is 0 Å². The van der Waals surface area contributed by atoms with Crippen LogP contribution in [0.4, 0.5) is 24.5 Å². The van der Waals surface area contributed by atoms with E-state index in [1.807, 2.05) is 49.1 Å². The molecule has 0 heterocycles. The molecule has 0 radical (unpaired) electrons. The molecule has 204 valence electrons. The average Bonchev–Trinajstić information content (AvgIpc) is 2.87. The highest BCUT2D eigenvalue weighted by atomic mass is 32.2. The largest absolute Gasteiger partial charge is 0.490 e. The van der Waals surface area contributed by atoms with Gasteiger partial charge in [-0.05, 0) is 54.8 Å². The van der Waals surface area contributed by atoms with Crippen LogP contribution in [0.15, 0.2) is 77.7 Å². The van der Waals surface area contributed by atoms with Gasteiger partial charge in [-0.3, -0.25) is 4.72 Å². The predicted molar refractivity (Wildman–Crippen MR) is 137 cm³/mol. The van der Waals surface area contributed by atoms with Crippen LogP contribution in [-0.2, 0) is 27.8 Å². The van der Waals surface area contributed by atoms with E-state index in [0.29, 0.717) is 18.8 Å². The number of anilines is 2. The van der Waals surface area contributed by atoms with Crippen molar-refractivity contribution >= 4 is 33.3 Å². The zero-order valence-electron chi connectivity index (χ0n) is 20.6. The van der Waals surface area contributed by atoms with Crippen molar-refractivity contribution in [1.29, 1.82) is 0 Å².